The maximum absolute atomic E-state index is 13.8. The maximum atomic E-state index is 13.8. The Hall–Kier alpha value is -2.88. The molecule has 2 amide bonds. The lowest BCUT2D eigenvalue weighted by atomic mass is 10.1. The van der Waals surface area contributed by atoms with E-state index in [1.54, 1.807) is 67.6 Å². The Morgan fingerprint density at radius 3 is 2.18 bits per heavy atom. The highest BCUT2D eigenvalue weighted by Gasteiger charge is 2.32. The van der Waals surface area contributed by atoms with Crippen LogP contribution in [-0.4, -0.2) is 43.8 Å². The summed E-state index contributed by atoms with van der Waals surface area (Å²) in [4.78, 5) is 28.2. The van der Waals surface area contributed by atoms with Gasteiger partial charge in [0.2, 0.25) is 11.8 Å². The molecule has 0 fully saturated rings. The molecule has 38 heavy (non-hydrogen) atoms. The van der Waals surface area contributed by atoms with Crippen molar-refractivity contribution in [3.63, 3.8) is 0 Å². The average Bonchev–Trinajstić information content (AvgIpc) is 2.86. The number of halogens is 2. The summed E-state index contributed by atoms with van der Waals surface area (Å²) in [5.74, 6) is -0.873. The highest BCUT2D eigenvalue weighted by Crippen LogP contribution is 2.26. The molecule has 1 N–H and O–H groups in total. The van der Waals surface area contributed by atoms with E-state index >= 15 is 0 Å². The van der Waals surface area contributed by atoms with Crippen LogP contribution in [0.4, 0.5) is 5.69 Å². The number of nitrogens with zero attached hydrogens (tertiary/aromatic N) is 2. The lowest BCUT2D eigenvalue weighted by molar-refractivity contribution is -0.139. The number of sulfonamides is 1. The van der Waals surface area contributed by atoms with Gasteiger partial charge in [-0.1, -0.05) is 57.4 Å². The second-order valence-electron chi connectivity index (χ2n) is 9.29. The lowest BCUT2D eigenvalue weighted by Gasteiger charge is -2.32. The summed E-state index contributed by atoms with van der Waals surface area (Å²) in [5.41, 5.74) is 1.95. The van der Waals surface area contributed by atoms with Gasteiger partial charge in [-0.05, 0) is 81.8 Å². The molecule has 202 valence electrons. The van der Waals surface area contributed by atoms with Crippen molar-refractivity contribution in [2.45, 2.75) is 51.2 Å². The molecule has 3 aromatic carbocycles. The van der Waals surface area contributed by atoms with Crippen LogP contribution in [0.2, 0.25) is 5.02 Å². The van der Waals surface area contributed by atoms with Crippen molar-refractivity contribution in [2.24, 2.45) is 0 Å². The van der Waals surface area contributed by atoms with Crippen molar-refractivity contribution >= 4 is 55.1 Å². The van der Waals surface area contributed by atoms with E-state index in [2.05, 4.69) is 21.2 Å². The Morgan fingerprint density at radius 1 is 0.974 bits per heavy atom. The second kappa shape index (κ2) is 12.8. The van der Waals surface area contributed by atoms with Gasteiger partial charge in [-0.3, -0.25) is 13.9 Å². The molecule has 0 aliphatic carbocycles. The van der Waals surface area contributed by atoms with Crippen molar-refractivity contribution in [2.75, 3.05) is 10.8 Å². The Bertz CT molecular complexity index is 1380. The Kier molecular flexibility index (Phi) is 9.98. The molecule has 0 aliphatic rings. The van der Waals surface area contributed by atoms with Gasteiger partial charge in [0.05, 0.1) is 10.6 Å². The molecular formula is C28H31BrClN3O4S. The number of hydrogen-bond donors (Lipinski definition) is 1. The molecule has 0 saturated heterocycles. The molecule has 10 heteroatoms. The van der Waals surface area contributed by atoms with E-state index < -0.39 is 28.5 Å². The number of hydrogen-bond acceptors (Lipinski definition) is 4. The summed E-state index contributed by atoms with van der Waals surface area (Å²) in [6, 6.07) is 19.1. The summed E-state index contributed by atoms with van der Waals surface area (Å²) in [6.07, 6.45) is 0. The third-order valence-corrected chi connectivity index (χ3v) is 8.39. The van der Waals surface area contributed by atoms with Crippen LogP contribution in [0.1, 0.15) is 31.9 Å². The van der Waals surface area contributed by atoms with Crippen LogP contribution in [0.3, 0.4) is 0 Å². The molecule has 0 spiro atoms. The highest BCUT2D eigenvalue weighted by molar-refractivity contribution is 9.10. The van der Waals surface area contributed by atoms with E-state index in [1.807, 2.05) is 20.8 Å². The van der Waals surface area contributed by atoms with Crippen LogP contribution in [0, 0.1) is 6.92 Å². The van der Waals surface area contributed by atoms with Crippen molar-refractivity contribution in [1.29, 1.82) is 0 Å². The van der Waals surface area contributed by atoms with Crippen molar-refractivity contribution < 1.29 is 18.0 Å². The first-order valence-electron chi connectivity index (χ1n) is 12.1. The summed E-state index contributed by atoms with van der Waals surface area (Å²) < 4.78 is 29.4. The first-order valence-corrected chi connectivity index (χ1v) is 14.7. The standard InChI is InChI=1S/C28H31BrClN3O4S/c1-19(2)31-28(35)21(4)32(17-22-6-5-7-24(30)16-22)27(34)18-33(25-12-10-23(29)11-13-25)38(36,37)26-14-8-20(3)9-15-26/h5-16,19,21H,17-18H2,1-4H3,(H,31,35). The summed E-state index contributed by atoms with van der Waals surface area (Å²) >= 11 is 9.53. The zero-order chi connectivity index (χ0) is 28.0. The molecule has 0 saturated carbocycles. The number of amides is 2. The summed E-state index contributed by atoms with van der Waals surface area (Å²) in [6.45, 7) is 6.72. The van der Waals surface area contributed by atoms with E-state index in [9.17, 15) is 18.0 Å². The SMILES string of the molecule is Cc1ccc(S(=O)(=O)N(CC(=O)N(Cc2cccc(Cl)c2)C(C)C(=O)NC(C)C)c2ccc(Br)cc2)cc1. The third-order valence-electron chi connectivity index (χ3n) is 5.84. The fourth-order valence-corrected chi connectivity index (χ4v) is 5.68. The molecule has 3 aromatic rings. The van der Waals surface area contributed by atoms with Gasteiger partial charge in [0.15, 0.2) is 0 Å². The minimum Gasteiger partial charge on any atom is -0.352 e. The highest BCUT2D eigenvalue weighted by atomic mass is 79.9. The van der Waals surface area contributed by atoms with E-state index in [0.29, 0.717) is 16.3 Å². The van der Waals surface area contributed by atoms with Crippen LogP contribution in [0.5, 0.6) is 0 Å². The van der Waals surface area contributed by atoms with E-state index in [-0.39, 0.29) is 23.4 Å². The van der Waals surface area contributed by atoms with Gasteiger partial charge in [0.25, 0.3) is 10.0 Å². The van der Waals surface area contributed by atoms with Gasteiger partial charge >= 0.3 is 0 Å². The van der Waals surface area contributed by atoms with Crippen molar-refractivity contribution in [3.8, 4) is 0 Å². The zero-order valence-electron chi connectivity index (χ0n) is 21.7. The number of benzene rings is 3. The Labute approximate surface area is 238 Å². The first-order chi connectivity index (χ1) is 17.9. The van der Waals surface area contributed by atoms with Crippen LogP contribution in [0.25, 0.3) is 0 Å². The number of nitrogens with one attached hydrogen (secondary N) is 1. The molecule has 0 bridgehead atoms. The van der Waals surface area contributed by atoms with Gasteiger partial charge in [-0.25, -0.2) is 8.42 Å². The van der Waals surface area contributed by atoms with E-state index in [1.165, 1.54) is 17.0 Å². The molecule has 3 rings (SSSR count). The van der Waals surface area contributed by atoms with Gasteiger partial charge in [0, 0.05) is 22.1 Å². The molecule has 7 nitrogen and oxygen atoms in total. The average molecular weight is 621 g/mol. The molecule has 0 radical (unpaired) electrons. The number of rotatable bonds is 10. The molecule has 1 atom stereocenters. The van der Waals surface area contributed by atoms with E-state index in [4.69, 9.17) is 11.6 Å². The normalized spacial score (nSPS) is 12.2. The summed E-state index contributed by atoms with van der Waals surface area (Å²) in [5, 5.41) is 3.32. The first kappa shape index (κ1) is 29.7. The fraction of sp³-hybridized carbons (Fsp3) is 0.286. The van der Waals surface area contributed by atoms with E-state index in [0.717, 1.165) is 14.3 Å². The van der Waals surface area contributed by atoms with Crippen LogP contribution in [-0.2, 0) is 26.2 Å². The smallest absolute Gasteiger partial charge is 0.264 e. The quantitative estimate of drug-likeness (QED) is 0.322. The van der Waals surface area contributed by atoms with Crippen molar-refractivity contribution in [1.82, 2.24) is 10.2 Å². The number of aryl methyl sites for hydroxylation is 1. The fourth-order valence-electron chi connectivity index (χ4n) is 3.79. The Balaban J connectivity index is 2.02. The van der Waals surface area contributed by atoms with Gasteiger partial charge in [-0.15, -0.1) is 0 Å². The van der Waals surface area contributed by atoms with Gasteiger partial charge in [0.1, 0.15) is 12.6 Å². The number of anilines is 1. The minimum absolute atomic E-state index is 0.0609. The summed E-state index contributed by atoms with van der Waals surface area (Å²) in [7, 11) is -4.11. The monoisotopic (exact) mass is 619 g/mol. The van der Waals surface area contributed by atoms with Crippen LogP contribution in [0.15, 0.2) is 82.2 Å². The minimum atomic E-state index is -4.11. The third kappa shape index (κ3) is 7.58. The molecular weight excluding hydrogens is 590 g/mol. The zero-order valence-corrected chi connectivity index (χ0v) is 24.8. The predicted molar refractivity (Wildman–Crippen MR) is 155 cm³/mol. The topological polar surface area (TPSA) is 86.8 Å². The molecule has 0 aliphatic heterocycles. The van der Waals surface area contributed by atoms with Crippen LogP contribution >= 0.6 is 27.5 Å². The largest absolute Gasteiger partial charge is 0.352 e. The van der Waals surface area contributed by atoms with Crippen molar-refractivity contribution in [3.05, 3.63) is 93.4 Å². The van der Waals surface area contributed by atoms with Gasteiger partial charge < -0.3 is 10.2 Å². The molecule has 0 aromatic heterocycles. The van der Waals surface area contributed by atoms with Gasteiger partial charge in [-0.2, -0.15) is 0 Å². The number of carbonyl (C=O) groups is 2. The Morgan fingerprint density at radius 2 is 1.61 bits per heavy atom. The lowest BCUT2D eigenvalue weighted by Crippen LogP contribution is -2.52. The predicted octanol–water partition coefficient (Wildman–Crippen LogP) is 5.55. The maximum Gasteiger partial charge on any atom is 0.264 e. The molecule has 0 heterocycles. The molecule has 1 unspecified atom stereocenters. The number of carbonyl (C=O) groups excluding carboxylic acids is 2. The van der Waals surface area contributed by atoms with Crippen LogP contribution < -0.4 is 9.62 Å². The second-order valence-corrected chi connectivity index (χ2v) is 12.5.